The Hall–Kier alpha value is -7.42. The number of benzene rings is 5. The van der Waals surface area contributed by atoms with Gasteiger partial charge in [0.05, 0.1) is 71.0 Å². The minimum atomic E-state index is -3.11. The van der Waals surface area contributed by atoms with Crippen molar-refractivity contribution in [1.29, 1.82) is 0 Å². The topological polar surface area (TPSA) is 268 Å². The molecule has 0 aliphatic carbocycles. The molecule has 23 nitrogen and oxygen atoms in total. The first-order valence-electron chi connectivity index (χ1n) is 30.1. The fourth-order valence-corrected chi connectivity index (χ4v) is 14.6. The summed E-state index contributed by atoms with van der Waals surface area (Å²) < 4.78 is 24.7. The van der Waals surface area contributed by atoms with Crippen molar-refractivity contribution in [2.24, 2.45) is 5.41 Å². The van der Waals surface area contributed by atoms with Gasteiger partial charge < -0.3 is 35.6 Å². The van der Waals surface area contributed by atoms with Gasteiger partial charge >= 0.3 is 0 Å². The minimum absolute atomic E-state index is 0.0513. The average molecular weight is 1320 g/mol. The van der Waals surface area contributed by atoms with Gasteiger partial charge in [-0.15, -0.1) is 0 Å². The highest BCUT2D eigenvalue weighted by Gasteiger charge is 2.53. The molecule has 0 radical (unpaired) electrons. The molecular weight excluding hydrogens is 1250 g/mol. The van der Waals surface area contributed by atoms with Gasteiger partial charge in [-0.05, 0) is 111 Å². The maximum Gasteiger partial charge on any atom is 0.250 e. The van der Waals surface area contributed by atoms with Crippen LogP contribution in [0, 0.1) is 5.41 Å². The van der Waals surface area contributed by atoms with Gasteiger partial charge in [-0.3, -0.25) is 44.6 Å². The number of likely N-dealkylation sites (N-methyl/N-ethyl adjacent to an activating group) is 1. The van der Waals surface area contributed by atoms with E-state index in [2.05, 4.69) is 92.0 Å². The number of hydrogen-bond acceptors (Lipinski definition) is 15. The van der Waals surface area contributed by atoms with E-state index in [-0.39, 0.29) is 17.7 Å². The number of carbonyl (C=O) groups is 3. The number of aromatic nitrogens is 8. The number of nitrogens with zero attached hydrogens (tertiary/aromatic N) is 10. The molecular formula is C62H72Cl4N18O5S. The van der Waals surface area contributed by atoms with Crippen molar-refractivity contribution in [3.8, 4) is 0 Å². The van der Waals surface area contributed by atoms with Crippen molar-refractivity contribution in [2.75, 3.05) is 137 Å². The summed E-state index contributed by atoms with van der Waals surface area (Å²) in [7, 11) is -1.44. The Balaban J connectivity index is 0.000000117. The number of piperazine rings is 1. The first-order valence-corrected chi connectivity index (χ1v) is 33.5. The maximum atomic E-state index is 12.8. The van der Waals surface area contributed by atoms with Crippen LogP contribution < -0.4 is 35.4 Å². The molecule has 28 heteroatoms. The number of piperidine rings is 2. The van der Waals surface area contributed by atoms with Crippen LogP contribution in [0.1, 0.15) is 44.1 Å². The first-order chi connectivity index (χ1) is 43.3. The van der Waals surface area contributed by atoms with Crippen LogP contribution in [0.25, 0.3) is 43.6 Å². The third-order valence-electron chi connectivity index (χ3n) is 18.1. The van der Waals surface area contributed by atoms with Crippen LogP contribution in [0.15, 0.2) is 97.6 Å². The predicted molar refractivity (Wildman–Crippen MR) is 358 cm³/mol. The fourth-order valence-electron chi connectivity index (χ4n) is 13.3. The summed E-state index contributed by atoms with van der Waals surface area (Å²) in [6.45, 7) is 13.9. The average Bonchev–Trinajstić information content (AvgIpc) is 1.67. The van der Waals surface area contributed by atoms with Crippen LogP contribution >= 0.6 is 46.4 Å². The summed E-state index contributed by atoms with van der Waals surface area (Å²) in [5.41, 5.74) is 9.95. The molecule has 9 aromatic rings. The van der Waals surface area contributed by atoms with Gasteiger partial charge in [-0.1, -0.05) is 58.5 Å². The van der Waals surface area contributed by atoms with Crippen LogP contribution in [0.3, 0.4) is 0 Å². The largest absolute Gasteiger partial charge is 0.371 e. The molecule has 5 aromatic carbocycles. The summed E-state index contributed by atoms with van der Waals surface area (Å²) in [6, 6.07) is 23.4. The number of likely N-dealkylation sites (tertiary alicyclic amines) is 2. The molecule has 2 spiro atoms. The lowest BCUT2D eigenvalue weighted by Gasteiger charge is -2.60. The summed E-state index contributed by atoms with van der Waals surface area (Å²) in [5.74, 6) is 0.780. The van der Waals surface area contributed by atoms with Crippen molar-refractivity contribution in [1.82, 2.24) is 65.5 Å². The molecule has 4 aromatic heterocycles. The number of anilines is 5. The van der Waals surface area contributed by atoms with Crippen LogP contribution in [-0.4, -0.2) is 199 Å². The van der Waals surface area contributed by atoms with E-state index in [1.165, 1.54) is 11.8 Å². The molecule has 0 bridgehead atoms. The number of sulfonamides is 1. The molecule has 6 aliphatic rings. The number of hydrogen-bond donors (Lipinski definition) is 8. The fraction of sp³-hybridized carbons (Fsp3) is 0.403. The Morgan fingerprint density at radius 1 is 0.611 bits per heavy atom. The van der Waals surface area contributed by atoms with E-state index >= 15 is 0 Å². The highest BCUT2D eigenvalue weighted by molar-refractivity contribution is 7.88. The lowest BCUT2D eigenvalue weighted by molar-refractivity contribution is -0.142. The second-order valence-electron chi connectivity index (χ2n) is 24.2. The minimum Gasteiger partial charge on any atom is -0.371 e. The standard InChI is InChI=1S/C19H18ClN5O.C15H19ClN4O.C14H20ClN5O2S.C14H15ClN4O/c20-12-9-16-13(11-21-24-16)17(10-12)25-7-5-19(6-8-25)18(26)22-14-3-1-2-4-15(14)23-19;1-17-15(21)9-20-4-2-10(3-5-20)12-6-11(16)7-14-13(12)8-18-19-14;1-23(21,22)17-2-3-19-4-6-20(7-5-19)14-9-11(15)8-13-12(14)10-16-18-13;1-9(20)18-5-14(6-18)7-19(8-14)13-3-10(15)2-12-11(13)4-16-17-12/h1-4,9-11,23H,5-8H2,(H,21,24)(H,22,26);6-8,10H,2-5,9H2,1H3,(H,17,21)(H,18,19);8-10,17H,2-7H2,1H3,(H,16,18);2-4H,5-8H2,1H3,(H,16,17). The molecule has 0 saturated carbocycles. The van der Waals surface area contributed by atoms with Gasteiger partial charge in [0.1, 0.15) is 5.54 Å². The quantitative estimate of drug-likeness (QED) is 0.0638. The number of amides is 3. The van der Waals surface area contributed by atoms with E-state index in [1.807, 2.05) is 96.4 Å². The SMILES string of the molecule is CC(=O)N1CC2(C1)CN(c1cc(Cl)cc3[nH]ncc13)C2.CNC(=O)CN1CCC(c2cc(Cl)cc3[nH]ncc23)CC1.CS(=O)(=O)NCCN1CCN(c2cc(Cl)cc3[nH]ncc23)CC1.O=C1Nc2ccccc2NC12CCN(c1cc(Cl)cc3[nH]ncc13)CC2. The first kappa shape index (κ1) is 62.8. The summed E-state index contributed by atoms with van der Waals surface area (Å²) in [5, 5.41) is 44.7. The van der Waals surface area contributed by atoms with E-state index in [1.54, 1.807) is 14.0 Å². The highest BCUT2D eigenvalue weighted by Crippen LogP contribution is 2.45. The summed E-state index contributed by atoms with van der Waals surface area (Å²) in [4.78, 5) is 48.7. The molecule has 0 unspecified atom stereocenters. The number of carbonyl (C=O) groups excluding carboxylic acids is 3. The van der Waals surface area contributed by atoms with Gasteiger partial charge in [0, 0.05) is 157 Å². The van der Waals surface area contributed by atoms with Gasteiger partial charge in [-0.25, -0.2) is 13.1 Å². The van der Waals surface area contributed by atoms with Crippen molar-refractivity contribution < 1.29 is 22.8 Å². The molecule has 10 heterocycles. The van der Waals surface area contributed by atoms with E-state index < -0.39 is 15.6 Å². The van der Waals surface area contributed by atoms with E-state index in [0.29, 0.717) is 34.5 Å². The van der Waals surface area contributed by atoms with E-state index in [9.17, 15) is 22.8 Å². The van der Waals surface area contributed by atoms with Gasteiger partial charge in [0.15, 0.2) is 0 Å². The third kappa shape index (κ3) is 13.9. The molecule has 8 N–H and O–H groups in total. The van der Waals surface area contributed by atoms with Gasteiger partial charge in [0.2, 0.25) is 27.7 Å². The number of nitrogens with one attached hydrogen (secondary N) is 8. The van der Waals surface area contributed by atoms with Crippen molar-refractivity contribution >= 4 is 146 Å². The zero-order chi connectivity index (χ0) is 62.9. The molecule has 474 valence electrons. The Bertz CT molecular complexity index is 4190. The van der Waals surface area contributed by atoms with E-state index in [0.717, 1.165) is 193 Å². The van der Waals surface area contributed by atoms with Crippen LogP contribution in [0.4, 0.5) is 28.4 Å². The maximum absolute atomic E-state index is 12.8. The monoisotopic (exact) mass is 1320 g/mol. The van der Waals surface area contributed by atoms with Gasteiger partial charge in [-0.2, -0.15) is 20.4 Å². The molecule has 90 heavy (non-hydrogen) atoms. The number of halogens is 4. The molecule has 0 atom stereocenters. The number of aromatic amines is 4. The number of H-pyrrole nitrogens is 4. The van der Waals surface area contributed by atoms with Crippen LogP contribution in [-0.2, 0) is 24.4 Å². The lowest BCUT2D eigenvalue weighted by atomic mass is 9.72. The normalized spacial score (nSPS) is 18.2. The third-order valence-corrected chi connectivity index (χ3v) is 19.7. The molecule has 6 aliphatic heterocycles. The van der Waals surface area contributed by atoms with Crippen LogP contribution in [0.5, 0.6) is 0 Å². The second kappa shape index (κ2) is 26.4. The zero-order valence-corrected chi connectivity index (χ0v) is 54.0. The highest BCUT2D eigenvalue weighted by atomic mass is 35.5. The number of rotatable bonds is 10. The Morgan fingerprint density at radius 3 is 1.60 bits per heavy atom. The lowest BCUT2D eigenvalue weighted by Crippen LogP contribution is -2.72. The van der Waals surface area contributed by atoms with Crippen molar-refractivity contribution in [3.05, 3.63) is 123 Å². The molecule has 15 rings (SSSR count). The number of para-hydroxylation sites is 2. The summed E-state index contributed by atoms with van der Waals surface area (Å²) >= 11 is 24.8. The predicted octanol–water partition coefficient (Wildman–Crippen LogP) is 8.53. The zero-order valence-electron chi connectivity index (χ0n) is 50.2. The van der Waals surface area contributed by atoms with Gasteiger partial charge in [0.25, 0.3) is 0 Å². The Labute approximate surface area is 540 Å². The Morgan fingerprint density at radius 2 is 1.09 bits per heavy atom. The molecule has 5 fully saturated rings. The smallest absolute Gasteiger partial charge is 0.250 e. The molecule has 3 amide bonds. The van der Waals surface area contributed by atoms with Crippen molar-refractivity contribution in [3.63, 3.8) is 0 Å². The molecule has 5 saturated heterocycles. The summed E-state index contributed by atoms with van der Waals surface area (Å²) in [6.07, 6.45) is 12.1. The second-order valence-corrected chi connectivity index (χ2v) is 27.8. The Kier molecular flexibility index (Phi) is 18.4. The number of fused-ring (bicyclic) bond motifs is 5. The van der Waals surface area contributed by atoms with Crippen LogP contribution in [0.2, 0.25) is 20.1 Å². The van der Waals surface area contributed by atoms with E-state index in [4.69, 9.17) is 46.4 Å². The van der Waals surface area contributed by atoms with Crippen molar-refractivity contribution in [2.45, 2.75) is 44.1 Å².